The van der Waals surface area contributed by atoms with Gasteiger partial charge in [0.05, 0.1) is 20.6 Å². The highest BCUT2D eigenvalue weighted by Gasteiger charge is 2.22. The third-order valence-electron chi connectivity index (χ3n) is 4.80. The van der Waals surface area contributed by atoms with Gasteiger partial charge in [0.25, 0.3) is 0 Å². The van der Waals surface area contributed by atoms with Gasteiger partial charge in [-0.2, -0.15) is 0 Å². The molecule has 0 atom stereocenters. The Balaban J connectivity index is 1.55. The molecule has 1 heterocycles. The second-order valence-corrected chi connectivity index (χ2v) is 6.50. The second-order valence-electron chi connectivity index (χ2n) is 6.50. The number of methoxy groups -OCH3 is 2. The maximum absolute atomic E-state index is 12.7. The zero-order chi connectivity index (χ0) is 18.4. The first-order chi connectivity index (χ1) is 12.7. The van der Waals surface area contributed by atoms with Crippen molar-refractivity contribution >= 4 is 5.91 Å². The summed E-state index contributed by atoms with van der Waals surface area (Å²) in [6.45, 7) is 4.26. The Hall–Kier alpha value is -2.53. The molecule has 0 aliphatic carbocycles. The summed E-state index contributed by atoms with van der Waals surface area (Å²) in [5.41, 5.74) is 2.18. The first-order valence-corrected chi connectivity index (χ1v) is 8.94. The summed E-state index contributed by atoms with van der Waals surface area (Å²) in [4.78, 5) is 17.1. The average Bonchev–Trinajstić information content (AvgIpc) is 2.69. The summed E-state index contributed by atoms with van der Waals surface area (Å²) in [7, 11) is 3.25. The van der Waals surface area contributed by atoms with Crippen LogP contribution in [-0.4, -0.2) is 56.1 Å². The normalized spacial score (nSPS) is 14.9. The number of carbonyl (C=O) groups excluding carboxylic acids is 1. The van der Waals surface area contributed by atoms with Crippen LogP contribution >= 0.6 is 0 Å². The van der Waals surface area contributed by atoms with Gasteiger partial charge in [-0.1, -0.05) is 30.3 Å². The van der Waals surface area contributed by atoms with Crippen molar-refractivity contribution in [2.24, 2.45) is 0 Å². The molecule has 5 heteroatoms. The summed E-state index contributed by atoms with van der Waals surface area (Å²) in [5, 5.41) is 0. The summed E-state index contributed by atoms with van der Waals surface area (Å²) >= 11 is 0. The molecule has 2 aromatic rings. The van der Waals surface area contributed by atoms with E-state index in [2.05, 4.69) is 29.2 Å². The molecule has 1 fully saturated rings. The molecule has 0 radical (unpaired) electrons. The molecule has 1 amide bonds. The fourth-order valence-corrected chi connectivity index (χ4v) is 3.29. The molecule has 1 aliphatic rings. The molecule has 0 N–H and O–H groups in total. The van der Waals surface area contributed by atoms with E-state index in [1.807, 2.05) is 29.2 Å². The van der Waals surface area contributed by atoms with Crippen LogP contribution in [0, 0.1) is 0 Å². The first kappa shape index (κ1) is 18.3. The van der Waals surface area contributed by atoms with Gasteiger partial charge in [-0.3, -0.25) is 9.69 Å². The van der Waals surface area contributed by atoms with Crippen LogP contribution in [0.2, 0.25) is 0 Å². The van der Waals surface area contributed by atoms with E-state index in [-0.39, 0.29) is 5.91 Å². The number of piperazine rings is 1. The topological polar surface area (TPSA) is 42.0 Å². The number of nitrogens with zero attached hydrogens (tertiary/aromatic N) is 2. The highest BCUT2D eigenvalue weighted by atomic mass is 16.5. The Labute approximate surface area is 155 Å². The van der Waals surface area contributed by atoms with E-state index < -0.39 is 0 Å². The minimum Gasteiger partial charge on any atom is -0.497 e. The SMILES string of the molecule is COc1ccc(OC)c(CC(=O)N2CCN(Cc3ccccc3)CC2)c1. The number of amides is 1. The number of hydrogen-bond acceptors (Lipinski definition) is 4. The zero-order valence-corrected chi connectivity index (χ0v) is 15.5. The van der Waals surface area contributed by atoms with Crippen molar-refractivity contribution in [2.75, 3.05) is 40.4 Å². The Kier molecular flexibility index (Phi) is 6.12. The molecule has 0 unspecified atom stereocenters. The quantitative estimate of drug-likeness (QED) is 0.800. The Morgan fingerprint density at radius 1 is 0.962 bits per heavy atom. The molecule has 5 nitrogen and oxygen atoms in total. The fourth-order valence-electron chi connectivity index (χ4n) is 3.29. The molecule has 26 heavy (non-hydrogen) atoms. The summed E-state index contributed by atoms with van der Waals surface area (Å²) in [6, 6.07) is 16.0. The van der Waals surface area contributed by atoms with E-state index in [0.717, 1.165) is 49.8 Å². The predicted molar refractivity (Wildman–Crippen MR) is 102 cm³/mol. The van der Waals surface area contributed by atoms with Crippen LogP contribution < -0.4 is 9.47 Å². The van der Waals surface area contributed by atoms with Gasteiger partial charge in [0, 0.05) is 38.3 Å². The van der Waals surface area contributed by atoms with Crippen LogP contribution in [-0.2, 0) is 17.8 Å². The molecule has 0 saturated carbocycles. The van der Waals surface area contributed by atoms with Gasteiger partial charge < -0.3 is 14.4 Å². The number of hydrogen-bond donors (Lipinski definition) is 0. The fraction of sp³-hybridized carbons (Fsp3) is 0.381. The van der Waals surface area contributed by atoms with Crippen LogP contribution in [0.5, 0.6) is 11.5 Å². The molecule has 0 spiro atoms. The molecule has 138 valence electrons. The van der Waals surface area contributed by atoms with Gasteiger partial charge in [-0.15, -0.1) is 0 Å². The molecule has 1 saturated heterocycles. The molecule has 0 bridgehead atoms. The first-order valence-electron chi connectivity index (χ1n) is 8.94. The van der Waals surface area contributed by atoms with Gasteiger partial charge in [0.1, 0.15) is 11.5 Å². The van der Waals surface area contributed by atoms with Crippen molar-refractivity contribution in [3.8, 4) is 11.5 Å². The van der Waals surface area contributed by atoms with Gasteiger partial charge in [-0.05, 0) is 23.8 Å². The summed E-state index contributed by atoms with van der Waals surface area (Å²) in [6.07, 6.45) is 0.332. The van der Waals surface area contributed by atoms with Crippen LogP contribution in [0.25, 0.3) is 0 Å². The van der Waals surface area contributed by atoms with E-state index in [0.29, 0.717) is 6.42 Å². The molecule has 2 aromatic carbocycles. The predicted octanol–water partition coefficient (Wildman–Crippen LogP) is 2.59. The monoisotopic (exact) mass is 354 g/mol. The van der Waals surface area contributed by atoms with Crippen molar-refractivity contribution in [2.45, 2.75) is 13.0 Å². The van der Waals surface area contributed by atoms with E-state index >= 15 is 0 Å². The van der Waals surface area contributed by atoms with Crippen LogP contribution in [0.1, 0.15) is 11.1 Å². The largest absolute Gasteiger partial charge is 0.497 e. The minimum atomic E-state index is 0.135. The lowest BCUT2D eigenvalue weighted by atomic mass is 10.1. The molecular weight excluding hydrogens is 328 g/mol. The van der Waals surface area contributed by atoms with Crippen LogP contribution in [0.15, 0.2) is 48.5 Å². The zero-order valence-electron chi connectivity index (χ0n) is 15.5. The van der Waals surface area contributed by atoms with E-state index in [9.17, 15) is 4.79 Å². The van der Waals surface area contributed by atoms with Crippen molar-refractivity contribution in [1.82, 2.24) is 9.80 Å². The van der Waals surface area contributed by atoms with Crippen molar-refractivity contribution in [3.05, 3.63) is 59.7 Å². The van der Waals surface area contributed by atoms with Crippen LogP contribution in [0.3, 0.4) is 0 Å². The van der Waals surface area contributed by atoms with E-state index in [1.54, 1.807) is 14.2 Å². The maximum Gasteiger partial charge on any atom is 0.227 e. The molecule has 0 aromatic heterocycles. The lowest BCUT2D eigenvalue weighted by Crippen LogP contribution is -2.48. The Morgan fingerprint density at radius 2 is 1.69 bits per heavy atom. The van der Waals surface area contributed by atoms with Gasteiger partial charge in [-0.25, -0.2) is 0 Å². The molecular formula is C21H26N2O3. The minimum absolute atomic E-state index is 0.135. The lowest BCUT2D eigenvalue weighted by molar-refractivity contribution is -0.132. The third kappa shape index (κ3) is 4.55. The van der Waals surface area contributed by atoms with Crippen molar-refractivity contribution in [3.63, 3.8) is 0 Å². The standard InChI is InChI=1S/C21H26N2O3/c1-25-19-8-9-20(26-2)18(14-19)15-21(24)23-12-10-22(11-13-23)16-17-6-4-3-5-7-17/h3-9,14H,10-13,15-16H2,1-2H3. The van der Waals surface area contributed by atoms with E-state index in [4.69, 9.17) is 9.47 Å². The maximum atomic E-state index is 12.7. The number of ether oxygens (including phenoxy) is 2. The van der Waals surface area contributed by atoms with Gasteiger partial charge in [0.15, 0.2) is 0 Å². The molecule has 1 aliphatic heterocycles. The summed E-state index contributed by atoms with van der Waals surface area (Å²) in [5.74, 6) is 1.60. The molecule has 3 rings (SSSR count). The van der Waals surface area contributed by atoms with Gasteiger partial charge in [0.2, 0.25) is 5.91 Å². The third-order valence-corrected chi connectivity index (χ3v) is 4.80. The van der Waals surface area contributed by atoms with Crippen molar-refractivity contribution in [1.29, 1.82) is 0 Å². The lowest BCUT2D eigenvalue weighted by Gasteiger charge is -2.35. The summed E-state index contributed by atoms with van der Waals surface area (Å²) < 4.78 is 10.6. The number of rotatable bonds is 6. The smallest absolute Gasteiger partial charge is 0.227 e. The Morgan fingerprint density at radius 3 is 2.35 bits per heavy atom. The van der Waals surface area contributed by atoms with Gasteiger partial charge >= 0.3 is 0 Å². The van der Waals surface area contributed by atoms with Crippen LogP contribution in [0.4, 0.5) is 0 Å². The number of carbonyl (C=O) groups is 1. The highest BCUT2D eigenvalue weighted by Crippen LogP contribution is 2.25. The Bertz CT molecular complexity index is 725. The second kappa shape index (κ2) is 8.72. The highest BCUT2D eigenvalue weighted by molar-refractivity contribution is 5.79. The number of benzene rings is 2. The average molecular weight is 354 g/mol. The van der Waals surface area contributed by atoms with E-state index in [1.165, 1.54) is 5.56 Å². The van der Waals surface area contributed by atoms with Crippen molar-refractivity contribution < 1.29 is 14.3 Å².